The van der Waals surface area contributed by atoms with Crippen LogP contribution >= 0.6 is 11.8 Å². The van der Waals surface area contributed by atoms with Gasteiger partial charge in [0.1, 0.15) is 7.05 Å². The molecule has 5 unspecified atom stereocenters. The molecule has 3 aliphatic rings. The Morgan fingerprint density at radius 1 is 1.16 bits per heavy atom. The summed E-state index contributed by atoms with van der Waals surface area (Å²) < 4.78 is 2.18. The Morgan fingerprint density at radius 3 is 2.79 bits per heavy atom. The van der Waals surface area contributed by atoms with Crippen molar-refractivity contribution in [2.75, 3.05) is 0 Å². The van der Waals surface area contributed by atoms with Crippen molar-refractivity contribution in [3.05, 3.63) is 24.5 Å². The SMILES string of the molecule is C[n+]1cccc(SC2CCC3CC4CC3C2C4)c1.[I-]. The molecule has 0 amide bonds. The fourth-order valence-corrected chi connectivity index (χ4v) is 6.33. The van der Waals surface area contributed by atoms with Gasteiger partial charge < -0.3 is 24.0 Å². The predicted octanol–water partition coefficient (Wildman–Crippen LogP) is 0.432. The van der Waals surface area contributed by atoms with Gasteiger partial charge in [-0.1, -0.05) is 0 Å². The Balaban J connectivity index is 0.00000110. The summed E-state index contributed by atoms with van der Waals surface area (Å²) in [6.45, 7) is 0. The lowest BCUT2D eigenvalue weighted by molar-refractivity contribution is -0.673. The van der Waals surface area contributed by atoms with Crippen molar-refractivity contribution in [1.82, 2.24) is 0 Å². The van der Waals surface area contributed by atoms with E-state index in [2.05, 4.69) is 47.9 Å². The smallest absolute Gasteiger partial charge is 0.182 e. The second-order valence-electron chi connectivity index (χ2n) is 6.60. The second kappa shape index (κ2) is 5.55. The summed E-state index contributed by atoms with van der Waals surface area (Å²) in [5.41, 5.74) is 0. The number of thioether (sulfide) groups is 1. The summed E-state index contributed by atoms with van der Waals surface area (Å²) in [6.07, 6.45) is 12.0. The van der Waals surface area contributed by atoms with Crippen LogP contribution < -0.4 is 28.5 Å². The molecule has 0 aliphatic heterocycles. The average molecular weight is 387 g/mol. The number of hydrogen-bond acceptors (Lipinski definition) is 1. The highest BCUT2D eigenvalue weighted by Crippen LogP contribution is 2.60. The standard InChI is InChI=1S/C16H22NS.HI/c1-17-6-2-3-13(10-17)18-16-5-4-12-7-11-8-14(12)15(16)9-11;/h2-3,6,10-12,14-16H,4-5,7-9H2,1H3;1H/q+1;/p-1. The Morgan fingerprint density at radius 2 is 2.00 bits per heavy atom. The molecule has 4 rings (SSSR count). The molecule has 3 aliphatic carbocycles. The van der Waals surface area contributed by atoms with Crippen molar-refractivity contribution in [2.24, 2.45) is 30.7 Å². The van der Waals surface area contributed by atoms with Gasteiger partial charge in [-0.05, 0) is 61.8 Å². The molecule has 3 saturated carbocycles. The van der Waals surface area contributed by atoms with E-state index >= 15 is 0 Å². The predicted molar refractivity (Wildman–Crippen MR) is 74.3 cm³/mol. The van der Waals surface area contributed by atoms with Gasteiger partial charge in [0.15, 0.2) is 12.4 Å². The zero-order chi connectivity index (χ0) is 12.1. The van der Waals surface area contributed by atoms with Gasteiger partial charge in [-0.15, -0.1) is 11.8 Å². The number of rotatable bonds is 2. The monoisotopic (exact) mass is 387 g/mol. The van der Waals surface area contributed by atoms with Crippen molar-refractivity contribution in [3.63, 3.8) is 0 Å². The zero-order valence-electron chi connectivity index (χ0n) is 11.5. The summed E-state index contributed by atoms with van der Waals surface area (Å²) in [7, 11) is 2.12. The van der Waals surface area contributed by atoms with Crippen LogP contribution in [-0.2, 0) is 7.05 Å². The van der Waals surface area contributed by atoms with Crippen LogP contribution in [0.4, 0.5) is 0 Å². The third-order valence-corrected chi connectivity index (χ3v) is 6.90. The third-order valence-electron chi connectivity index (χ3n) is 5.50. The van der Waals surface area contributed by atoms with Gasteiger partial charge in [0, 0.05) is 11.3 Å². The van der Waals surface area contributed by atoms with Crippen LogP contribution in [0.2, 0.25) is 0 Å². The number of nitrogens with zero attached hydrogens (tertiary/aromatic N) is 1. The molecule has 2 bridgehead atoms. The molecule has 5 atom stereocenters. The van der Waals surface area contributed by atoms with Crippen LogP contribution in [0.25, 0.3) is 0 Å². The molecule has 0 N–H and O–H groups in total. The highest BCUT2D eigenvalue weighted by atomic mass is 127. The van der Waals surface area contributed by atoms with Crippen molar-refractivity contribution in [2.45, 2.75) is 42.2 Å². The molecule has 19 heavy (non-hydrogen) atoms. The molecule has 0 aromatic carbocycles. The van der Waals surface area contributed by atoms with E-state index in [0.29, 0.717) is 0 Å². The summed E-state index contributed by atoms with van der Waals surface area (Å²) >= 11 is 2.16. The van der Waals surface area contributed by atoms with E-state index in [-0.39, 0.29) is 24.0 Å². The minimum atomic E-state index is 0. The van der Waals surface area contributed by atoms with Gasteiger partial charge in [-0.25, -0.2) is 4.57 Å². The Labute approximate surface area is 137 Å². The normalized spacial score (nSPS) is 39.1. The molecule has 3 fully saturated rings. The van der Waals surface area contributed by atoms with E-state index in [1.165, 1.54) is 24.2 Å². The molecule has 1 aromatic heterocycles. The molecule has 0 radical (unpaired) electrons. The molecule has 1 heterocycles. The topological polar surface area (TPSA) is 3.88 Å². The maximum atomic E-state index is 2.28. The quantitative estimate of drug-likeness (QED) is 0.526. The van der Waals surface area contributed by atoms with E-state index in [9.17, 15) is 0 Å². The van der Waals surface area contributed by atoms with E-state index in [1.54, 1.807) is 12.8 Å². The first-order chi connectivity index (χ1) is 8.79. The van der Waals surface area contributed by atoms with Crippen molar-refractivity contribution >= 4 is 11.8 Å². The summed E-state index contributed by atoms with van der Waals surface area (Å²) in [5, 5.41) is 0.902. The van der Waals surface area contributed by atoms with E-state index in [1.807, 2.05) is 0 Å². The van der Waals surface area contributed by atoms with Crippen LogP contribution in [0.15, 0.2) is 29.4 Å². The Hall–Kier alpha value is 0.230. The van der Waals surface area contributed by atoms with Gasteiger partial charge in [0.25, 0.3) is 0 Å². The van der Waals surface area contributed by atoms with E-state index < -0.39 is 0 Å². The molecule has 0 saturated heterocycles. The Kier molecular flexibility index (Phi) is 4.14. The number of fused-ring (bicyclic) bond motifs is 1. The van der Waals surface area contributed by atoms with Crippen LogP contribution in [0.5, 0.6) is 0 Å². The minimum absolute atomic E-state index is 0. The number of hydrogen-bond donors (Lipinski definition) is 0. The lowest BCUT2D eigenvalue weighted by Crippen LogP contribution is -3.00. The Bertz CT molecular complexity index is 464. The summed E-state index contributed by atoms with van der Waals surface area (Å²) in [4.78, 5) is 1.46. The number of pyridine rings is 1. The molecular weight excluding hydrogens is 365 g/mol. The van der Waals surface area contributed by atoms with Crippen LogP contribution in [0.1, 0.15) is 32.1 Å². The maximum Gasteiger partial charge on any atom is 0.182 e. The van der Waals surface area contributed by atoms with Crippen LogP contribution in [-0.4, -0.2) is 5.25 Å². The van der Waals surface area contributed by atoms with Crippen LogP contribution in [0, 0.1) is 23.7 Å². The van der Waals surface area contributed by atoms with Crippen LogP contribution in [0.3, 0.4) is 0 Å². The van der Waals surface area contributed by atoms with E-state index in [4.69, 9.17) is 0 Å². The van der Waals surface area contributed by atoms with Crippen molar-refractivity contribution < 1.29 is 28.5 Å². The fourth-order valence-electron chi connectivity index (χ4n) is 4.86. The first-order valence-corrected chi connectivity index (χ1v) is 8.29. The largest absolute Gasteiger partial charge is 1.00 e. The van der Waals surface area contributed by atoms with Gasteiger partial charge >= 0.3 is 0 Å². The molecule has 3 heteroatoms. The number of aromatic nitrogens is 1. The first-order valence-electron chi connectivity index (χ1n) is 7.41. The third kappa shape index (κ3) is 2.57. The number of aryl methyl sites for hydroxylation is 1. The van der Waals surface area contributed by atoms with Gasteiger partial charge in [0.2, 0.25) is 0 Å². The zero-order valence-corrected chi connectivity index (χ0v) is 14.4. The van der Waals surface area contributed by atoms with Gasteiger partial charge in [0.05, 0.1) is 4.90 Å². The molecule has 0 spiro atoms. The molecule has 104 valence electrons. The maximum absolute atomic E-state index is 2.28. The lowest BCUT2D eigenvalue weighted by atomic mass is 9.71. The summed E-state index contributed by atoms with van der Waals surface area (Å²) in [6, 6.07) is 4.46. The first kappa shape index (κ1) is 14.2. The number of halogens is 1. The van der Waals surface area contributed by atoms with Gasteiger partial charge in [-0.3, -0.25) is 0 Å². The average Bonchev–Trinajstić information content (AvgIpc) is 2.93. The molecule has 1 aromatic rings. The van der Waals surface area contributed by atoms with Crippen molar-refractivity contribution in [3.8, 4) is 0 Å². The highest BCUT2D eigenvalue weighted by molar-refractivity contribution is 8.00. The van der Waals surface area contributed by atoms with Gasteiger partial charge in [-0.2, -0.15) is 0 Å². The fraction of sp³-hybridized carbons (Fsp3) is 0.688. The van der Waals surface area contributed by atoms with E-state index in [0.717, 1.165) is 28.9 Å². The minimum Gasteiger partial charge on any atom is -1.00 e. The summed E-state index contributed by atoms with van der Waals surface area (Å²) in [5.74, 6) is 4.34. The second-order valence-corrected chi connectivity index (χ2v) is 7.91. The molecule has 1 nitrogen and oxygen atoms in total. The lowest BCUT2D eigenvalue weighted by Gasteiger charge is -2.40. The van der Waals surface area contributed by atoms with Crippen molar-refractivity contribution in [1.29, 1.82) is 0 Å². The molecular formula is C16H22INS. The highest BCUT2D eigenvalue weighted by Gasteiger charge is 2.51.